The van der Waals surface area contributed by atoms with E-state index in [0.717, 1.165) is 18.4 Å². The van der Waals surface area contributed by atoms with Crippen LogP contribution in [0.25, 0.3) is 0 Å². The van der Waals surface area contributed by atoms with Crippen molar-refractivity contribution in [3.05, 3.63) is 29.8 Å². The molecule has 1 fully saturated rings. The molecule has 4 atom stereocenters. The van der Waals surface area contributed by atoms with Crippen LogP contribution >= 0.6 is 0 Å². The van der Waals surface area contributed by atoms with Crippen molar-refractivity contribution < 1.29 is 14.6 Å². The van der Waals surface area contributed by atoms with E-state index in [4.69, 9.17) is 9.47 Å². The summed E-state index contributed by atoms with van der Waals surface area (Å²) in [7, 11) is 0. The quantitative estimate of drug-likeness (QED) is 0.897. The summed E-state index contributed by atoms with van der Waals surface area (Å²) in [5.74, 6) is 0.699. The third-order valence-corrected chi connectivity index (χ3v) is 4.44. The SMILES string of the molecule is CC1CCC(C(O)C2(C#N)CCOc3ccccc32)O1. The topological polar surface area (TPSA) is 62.5 Å². The summed E-state index contributed by atoms with van der Waals surface area (Å²) in [5, 5.41) is 20.5. The van der Waals surface area contributed by atoms with Crippen LogP contribution in [0.3, 0.4) is 0 Å². The number of nitrogens with zero attached hydrogens (tertiary/aromatic N) is 1. The van der Waals surface area contributed by atoms with E-state index in [0.29, 0.717) is 18.8 Å². The first kappa shape index (κ1) is 13.4. The summed E-state index contributed by atoms with van der Waals surface area (Å²) in [6, 6.07) is 9.84. The monoisotopic (exact) mass is 273 g/mol. The lowest BCUT2D eigenvalue weighted by Crippen LogP contribution is -2.48. The van der Waals surface area contributed by atoms with Crippen molar-refractivity contribution in [2.45, 2.75) is 49.9 Å². The van der Waals surface area contributed by atoms with Gasteiger partial charge in [0.25, 0.3) is 0 Å². The Balaban J connectivity index is 1.98. The predicted octanol–water partition coefficient (Wildman–Crippen LogP) is 2.16. The fraction of sp³-hybridized carbons (Fsp3) is 0.562. The van der Waals surface area contributed by atoms with Crippen molar-refractivity contribution in [3.8, 4) is 11.8 Å². The zero-order valence-electron chi connectivity index (χ0n) is 11.6. The number of nitriles is 1. The summed E-state index contributed by atoms with van der Waals surface area (Å²) < 4.78 is 11.4. The van der Waals surface area contributed by atoms with Crippen molar-refractivity contribution in [2.75, 3.05) is 6.61 Å². The van der Waals surface area contributed by atoms with E-state index in [1.807, 2.05) is 31.2 Å². The lowest BCUT2D eigenvalue weighted by atomic mass is 9.71. The summed E-state index contributed by atoms with van der Waals surface area (Å²) in [5.41, 5.74) is -0.145. The minimum absolute atomic E-state index is 0.153. The Hall–Kier alpha value is -1.57. The third kappa shape index (κ3) is 1.98. The van der Waals surface area contributed by atoms with Gasteiger partial charge < -0.3 is 14.6 Å². The molecule has 2 aliphatic heterocycles. The Morgan fingerprint density at radius 1 is 1.40 bits per heavy atom. The molecule has 0 amide bonds. The van der Waals surface area contributed by atoms with Gasteiger partial charge in [-0.25, -0.2) is 0 Å². The molecule has 0 saturated carbocycles. The number of aliphatic hydroxyl groups excluding tert-OH is 1. The van der Waals surface area contributed by atoms with Gasteiger partial charge >= 0.3 is 0 Å². The van der Waals surface area contributed by atoms with Crippen LogP contribution in [0.1, 0.15) is 31.7 Å². The van der Waals surface area contributed by atoms with Gasteiger partial charge in [-0.05, 0) is 25.8 Å². The zero-order chi connectivity index (χ0) is 14.2. The molecule has 0 aromatic heterocycles. The molecular formula is C16H19NO3. The van der Waals surface area contributed by atoms with Crippen molar-refractivity contribution in [3.63, 3.8) is 0 Å². The fourth-order valence-electron chi connectivity index (χ4n) is 3.29. The van der Waals surface area contributed by atoms with Crippen molar-refractivity contribution in [1.82, 2.24) is 0 Å². The van der Waals surface area contributed by atoms with Gasteiger partial charge in [0.15, 0.2) is 0 Å². The summed E-state index contributed by atoms with van der Waals surface area (Å²) in [6.07, 6.45) is 1.30. The Morgan fingerprint density at radius 2 is 2.20 bits per heavy atom. The molecule has 4 unspecified atom stereocenters. The molecule has 0 radical (unpaired) electrons. The molecule has 0 bridgehead atoms. The van der Waals surface area contributed by atoms with Gasteiger partial charge in [0.05, 0.1) is 24.9 Å². The van der Waals surface area contributed by atoms with Crippen molar-refractivity contribution >= 4 is 0 Å². The first-order chi connectivity index (χ1) is 9.67. The van der Waals surface area contributed by atoms with E-state index < -0.39 is 11.5 Å². The van der Waals surface area contributed by atoms with Gasteiger partial charge in [-0.15, -0.1) is 0 Å². The minimum Gasteiger partial charge on any atom is -0.493 e. The maximum absolute atomic E-state index is 10.8. The molecule has 1 saturated heterocycles. The lowest BCUT2D eigenvalue weighted by Gasteiger charge is -2.38. The smallest absolute Gasteiger partial charge is 0.124 e. The molecular weight excluding hydrogens is 254 g/mol. The van der Waals surface area contributed by atoms with Crippen LogP contribution in [0, 0.1) is 11.3 Å². The molecule has 1 N–H and O–H groups in total. The number of para-hydroxylation sites is 1. The Morgan fingerprint density at radius 3 is 2.90 bits per heavy atom. The van der Waals surface area contributed by atoms with Crippen molar-refractivity contribution in [2.24, 2.45) is 0 Å². The van der Waals surface area contributed by atoms with E-state index in [2.05, 4.69) is 6.07 Å². The molecule has 106 valence electrons. The summed E-state index contributed by atoms with van der Waals surface area (Å²) in [4.78, 5) is 0. The maximum atomic E-state index is 10.8. The number of hydrogen-bond acceptors (Lipinski definition) is 4. The van der Waals surface area contributed by atoms with Crippen LogP contribution in [0.2, 0.25) is 0 Å². The van der Waals surface area contributed by atoms with Gasteiger partial charge in [-0.2, -0.15) is 5.26 Å². The summed E-state index contributed by atoms with van der Waals surface area (Å²) in [6.45, 7) is 2.45. The van der Waals surface area contributed by atoms with Gasteiger partial charge in [0.1, 0.15) is 17.3 Å². The molecule has 0 aliphatic carbocycles. The average Bonchev–Trinajstić information content (AvgIpc) is 2.92. The number of fused-ring (bicyclic) bond motifs is 1. The van der Waals surface area contributed by atoms with Crippen LogP contribution < -0.4 is 4.74 Å². The highest BCUT2D eigenvalue weighted by Crippen LogP contribution is 2.43. The fourth-order valence-corrected chi connectivity index (χ4v) is 3.29. The van der Waals surface area contributed by atoms with Crippen LogP contribution in [0.5, 0.6) is 5.75 Å². The molecule has 4 heteroatoms. The van der Waals surface area contributed by atoms with E-state index in [1.54, 1.807) is 0 Å². The average molecular weight is 273 g/mol. The summed E-state index contributed by atoms with van der Waals surface area (Å²) >= 11 is 0. The number of ether oxygens (including phenoxy) is 2. The molecule has 20 heavy (non-hydrogen) atoms. The number of hydrogen-bond donors (Lipinski definition) is 1. The molecule has 2 heterocycles. The number of benzene rings is 1. The predicted molar refractivity (Wildman–Crippen MR) is 73.4 cm³/mol. The molecule has 3 rings (SSSR count). The molecule has 0 spiro atoms. The van der Waals surface area contributed by atoms with E-state index in [1.165, 1.54) is 0 Å². The number of aliphatic hydroxyl groups is 1. The standard InChI is InChI=1S/C16H19NO3/c1-11-6-7-14(20-11)15(18)16(10-17)8-9-19-13-5-3-2-4-12(13)16/h2-5,11,14-15,18H,6-9H2,1H3. The highest BCUT2D eigenvalue weighted by atomic mass is 16.5. The van der Waals surface area contributed by atoms with Crippen LogP contribution in [-0.2, 0) is 10.2 Å². The molecule has 1 aromatic rings. The van der Waals surface area contributed by atoms with Gasteiger partial charge in [0.2, 0.25) is 0 Å². The highest BCUT2D eigenvalue weighted by molar-refractivity contribution is 5.47. The first-order valence-electron chi connectivity index (χ1n) is 7.14. The van der Waals surface area contributed by atoms with Gasteiger partial charge in [-0.1, -0.05) is 18.2 Å². The van der Waals surface area contributed by atoms with Crippen molar-refractivity contribution in [1.29, 1.82) is 5.26 Å². The molecule has 4 nitrogen and oxygen atoms in total. The molecule has 1 aromatic carbocycles. The Kier molecular flexibility index (Phi) is 3.41. The second-order valence-electron chi connectivity index (χ2n) is 5.69. The largest absolute Gasteiger partial charge is 0.493 e. The van der Waals surface area contributed by atoms with Gasteiger partial charge in [0, 0.05) is 12.0 Å². The lowest BCUT2D eigenvalue weighted by molar-refractivity contribution is -0.0589. The van der Waals surface area contributed by atoms with Crippen LogP contribution in [0.4, 0.5) is 0 Å². The second kappa shape index (κ2) is 5.08. The van der Waals surface area contributed by atoms with Crippen LogP contribution in [0.15, 0.2) is 24.3 Å². The van der Waals surface area contributed by atoms with E-state index in [9.17, 15) is 10.4 Å². The molecule has 2 aliphatic rings. The second-order valence-corrected chi connectivity index (χ2v) is 5.69. The highest BCUT2D eigenvalue weighted by Gasteiger charge is 2.49. The third-order valence-electron chi connectivity index (χ3n) is 4.44. The Bertz CT molecular complexity index is 539. The minimum atomic E-state index is -0.927. The first-order valence-corrected chi connectivity index (χ1v) is 7.14. The number of rotatable bonds is 2. The Labute approximate surface area is 118 Å². The zero-order valence-corrected chi connectivity index (χ0v) is 11.6. The normalized spacial score (nSPS) is 33.9. The van der Waals surface area contributed by atoms with Crippen LogP contribution in [-0.4, -0.2) is 30.0 Å². The van der Waals surface area contributed by atoms with E-state index >= 15 is 0 Å². The van der Waals surface area contributed by atoms with Gasteiger partial charge in [-0.3, -0.25) is 0 Å². The van der Waals surface area contributed by atoms with E-state index in [-0.39, 0.29) is 12.2 Å². The maximum Gasteiger partial charge on any atom is 0.124 e.